The maximum atomic E-state index is 13.5. The van der Waals surface area contributed by atoms with Crippen molar-refractivity contribution in [1.29, 1.82) is 0 Å². The van der Waals surface area contributed by atoms with Crippen molar-refractivity contribution in [2.75, 3.05) is 13.1 Å². The minimum Gasteiger partial charge on any atom is -0.439 e. The SMILES string of the molecule is CCCC[C@H](O)CN(CCC)Cc1c(C)nn(-c2ccc(F)cc2)c1Oc1ccc(F)cc1. The average Bonchev–Trinajstić information content (AvgIpc) is 3.09. The van der Waals surface area contributed by atoms with Gasteiger partial charge in [0.2, 0.25) is 5.88 Å². The van der Waals surface area contributed by atoms with Gasteiger partial charge in [-0.25, -0.2) is 13.5 Å². The Bertz CT molecular complexity index is 1000. The zero-order valence-corrected chi connectivity index (χ0v) is 19.6. The molecule has 0 aliphatic rings. The molecule has 0 fully saturated rings. The average molecular weight is 458 g/mol. The van der Waals surface area contributed by atoms with Crippen molar-refractivity contribution in [3.63, 3.8) is 0 Å². The lowest BCUT2D eigenvalue weighted by molar-refractivity contribution is 0.0991. The first-order valence-electron chi connectivity index (χ1n) is 11.6. The van der Waals surface area contributed by atoms with Crippen molar-refractivity contribution in [3.8, 4) is 17.3 Å². The summed E-state index contributed by atoms with van der Waals surface area (Å²) in [4.78, 5) is 2.21. The number of nitrogens with zero attached hydrogens (tertiary/aromatic N) is 3. The number of ether oxygens (including phenoxy) is 1. The summed E-state index contributed by atoms with van der Waals surface area (Å²) < 4.78 is 34.8. The van der Waals surface area contributed by atoms with E-state index in [1.54, 1.807) is 28.9 Å². The number of unbranched alkanes of at least 4 members (excludes halogenated alkanes) is 1. The Kier molecular flexibility index (Phi) is 8.97. The van der Waals surface area contributed by atoms with E-state index in [0.29, 0.717) is 30.4 Å². The molecule has 3 rings (SSSR count). The van der Waals surface area contributed by atoms with Gasteiger partial charge in [-0.2, -0.15) is 5.10 Å². The van der Waals surface area contributed by atoms with Gasteiger partial charge in [-0.15, -0.1) is 0 Å². The minimum atomic E-state index is -0.398. The molecule has 0 aliphatic heterocycles. The molecule has 0 radical (unpaired) electrons. The van der Waals surface area contributed by atoms with E-state index in [1.807, 2.05) is 6.92 Å². The van der Waals surface area contributed by atoms with Gasteiger partial charge in [-0.05, 0) is 74.8 Å². The third-order valence-electron chi connectivity index (χ3n) is 5.52. The zero-order chi connectivity index (χ0) is 23.8. The van der Waals surface area contributed by atoms with Crippen LogP contribution in [-0.4, -0.2) is 39.0 Å². The highest BCUT2D eigenvalue weighted by Crippen LogP contribution is 2.32. The predicted molar refractivity (Wildman–Crippen MR) is 126 cm³/mol. The Morgan fingerprint density at radius 3 is 2.24 bits per heavy atom. The van der Waals surface area contributed by atoms with Gasteiger partial charge in [0.05, 0.1) is 23.0 Å². The summed E-state index contributed by atoms with van der Waals surface area (Å²) >= 11 is 0. The van der Waals surface area contributed by atoms with Crippen LogP contribution in [0, 0.1) is 18.6 Å². The first-order valence-corrected chi connectivity index (χ1v) is 11.6. The highest BCUT2D eigenvalue weighted by Gasteiger charge is 2.22. The lowest BCUT2D eigenvalue weighted by Crippen LogP contribution is -2.33. The maximum absolute atomic E-state index is 13.5. The van der Waals surface area contributed by atoms with Gasteiger partial charge in [0.25, 0.3) is 0 Å². The van der Waals surface area contributed by atoms with Crippen molar-refractivity contribution < 1.29 is 18.6 Å². The lowest BCUT2D eigenvalue weighted by atomic mass is 10.1. The number of aliphatic hydroxyl groups excluding tert-OH is 1. The molecule has 33 heavy (non-hydrogen) atoms. The van der Waals surface area contributed by atoms with Gasteiger partial charge in [0.1, 0.15) is 17.4 Å². The molecule has 7 heteroatoms. The van der Waals surface area contributed by atoms with Gasteiger partial charge in [-0.3, -0.25) is 4.90 Å². The van der Waals surface area contributed by atoms with E-state index in [0.717, 1.165) is 43.5 Å². The normalized spacial score (nSPS) is 12.3. The largest absolute Gasteiger partial charge is 0.439 e. The standard InChI is InChI=1S/C26H33F2N3O2/c1-4-6-7-23(32)17-30(16-5-2)18-25-19(3)29-31(22-12-8-20(27)9-13-22)26(25)33-24-14-10-21(28)11-15-24/h8-15,23,32H,4-7,16-18H2,1-3H3/t23-/m0/s1. The molecule has 1 N–H and O–H groups in total. The summed E-state index contributed by atoms with van der Waals surface area (Å²) in [6.45, 7) is 8.05. The molecule has 0 saturated carbocycles. The van der Waals surface area contributed by atoms with Crippen molar-refractivity contribution in [2.45, 2.75) is 59.1 Å². The highest BCUT2D eigenvalue weighted by molar-refractivity contribution is 5.43. The van der Waals surface area contributed by atoms with Crippen LogP contribution in [0.4, 0.5) is 8.78 Å². The quantitative estimate of drug-likeness (QED) is 0.362. The van der Waals surface area contributed by atoms with Gasteiger partial charge in [-0.1, -0.05) is 26.7 Å². The molecule has 1 heterocycles. The molecule has 1 aromatic heterocycles. The number of rotatable bonds is 12. The molecule has 0 spiro atoms. The van der Waals surface area contributed by atoms with Crippen LogP contribution >= 0.6 is 0 Å². The summed E-state index contributed by atoms with van der Waals surface area (Å²) in [6, 6.07) is 11.8. The fourth-order valence-electron chi connectivity index (χ4n) is 3.80. The number of aliphatic hydroxyl groups is 1. The van der Waals surface area contributed by atoms with E-state index >= 15 is 0 Å². The summed E-state index contributed by atoms with van der Waals surface area (Å²) in [6.07, 6.45) is 3.35. The molecule has 0 aliphatic carbocycles. The van der Waals surface area contributed by atoms with Gasteiger partial charge in [0, 0.05) is 13.1 Å². The minimum absolute atomic E-state index is 0.334. The van der Waals surface area contributed by atoms with Crippen LogP contribution in [0.25, 0.3) is 5.69 Å². The summed E-state index contributed by atoms with van der Waals surface area (Å²) in [5, 5.41) is 15.2. The van der Waals surface area contributed by atoms with Crippen molar-refractivity contribution >= 4 is 0 Å². The van der Waals surface area contributed by atoms with E-state index in [-0.39, 0.29) is 11.6 Å². The Labute approximate surface area is 194 Å². The summed E-state index contributed by atoms with van der Waals surface area (Å²) in [5.74, 6) is 0.292. The van der Waals surface area contributed by atoms with Crippen molar-refractivity contribution in [2.24, 2.45) is 0 Å². The molecule has 2 aromatic carbocycles. The molecular formula is C26H33F2N3O2. The van der Waals surface area contributed by atoms with Crippen LogP contribution in [0.15, 0.2) is 48.5 Å². The Morgan fingerprint density at radius 1 is 1.00 bits per heavy atom. The Hall–Kier alpha value is -2.77. The first kappa shape index (κ1) is 24.9. The van der Waals surface area contributed by atoms with E-state index in [1.165, 1.54) is 24.3 Å². The fourth-order valence-corrected chi connectivity index (χ4v) is 3.80. The fraction of sp³-hybridized carbons (Fsp3) is 0.423. The molecule has 178 valence electrons. The molecule has 0 amide bonds. The number of hydrogen-bond donors (Lipinski definition) is 1. The van der Waals surface area contributed by atoms with Crippen LogP contribution in [-0.2, 0) is 6.54 Å². The highest BCUT2D eigenvalue weighted by atomic mass is 19.1. The van der Waals surface area contributed by atoms with Gasteiger partial charge < -0.3 is 9.84 Å². The number of halogens is 2. The predicted octanol–water partition coefficient (Wildman–Crippen LogP) is 6.01. The van der Waals surface area contributed by atoms with Crippen molar-refractivity contribution in [3.05, 3.63) is 71.4 Å². The third-order valence-corrected chi connectivity index (χ3v) is 5.52. The molecule has 0 unspecified atom stereocenters. The van der Waals surface area contributed by atoms with Crippen molar-refractivity contribution in [1.82, 2.24) is 14.7 Å². The monoisotopic (exact) mass is 457 g/mol. The Balaban J connectivity index is 1.96. The molecule has 3 aromatic rings. The Morgan fingerprint density at radius 2 is 1.64 bits per heavy atom. The van der Waals surface area contributed by atoms with Gasteiger partial charge >= 0.3 is 0 Å². The first-order chi connectivity index (χ1) is 15.9. The molecule has 1 atom stereocenters. The second-order valence-corrected chi connectivity index (χ2v) is 8.34. The van der Waals surface area contributed by atoms with Crippen LogP contribution in [0.2, 0.25) is 0 Å². The molecular weight excluding hydrogens is 424 g/mol. The topological polar surface area (TPSA) is 50.5 Å². The van der Waals surface area contributed by atoms with Crippen LogP contribution in [0.1, 0.15) is 50.8 Å². The number of benzene rings is 2. The summed E-state index contributed by atoms with van der Waals surface area (Å²) in [7, 11) is 0. The van der Waals surface area contributed by atoms with E-state index in [4.69, 9.17) is 4.74 Å². The summed E-state index contributed by atoms with van der Waals surface area (Å²) in [5.41, 5.74) is 2.31. The van der Waals surface area contributed by atoms with Crippen LogP contribution < -0.4 is 4.74 Å². The second-order valence-electron chi connectivity index (χ2n) is 8.34. The third kappa shape index (κ3) is 6.85. The van der Waals surface area contributed by atoms with E-state index in [2.05, 4.69) is 23.8 Å². The second kappa shape index (κ2) is 11.9. The van der Waals surface area contributed by atoms with E-state index in [9.17, 15) is 13.9 Å². The zero-order valence-electron chi connectivity index (χ0n) is 19.6. The molecule has 0 saturated heterocycles. The van der Waals surface area contributed by atoms with E-state index < -0.39 is 6.10 Å². The number of aromatic nitrogens is 2. The molecule has 0 bridgehead atoms. The molecule has 5 nitrogen and oxygen atoms in total. The van der Waals surface area contributed by atoms with Gasteiger partial charge in [0.15, 0.2) is 0 Å². The lowest BCUT2D eigenvalue weighted by Gasteiger charge is -2.25. The number of hydrogen-bond acceptors (Lipinski definition) is 4. The smallest absolute Gasteiger partial charge is 0.227 e. The maximum Gasteiger partial charge on any atom is 0.227 e. The van der Waals surface area contributed by atoms with Crippen LogP contribution in [0.5, 0.6) is 11.6 Å². The van der Waals surface area contributed by atoms with Crippen LogP contribution in [0.3, 0.4) is 0 Å². The number of aryl methyl sites for hydroxylation is 1.